The van der Waals surface area contributed by atoms with Gasteiger partial charge in [0.05, 0.1) is 0 Å². The number of aromatic nitrogens is 2. The number of nitrogens with one attached hydrogen (secondary N) is 1. The highest BCUT2D eigenvalue weighted by Crippen LogP contribution is 2.35. The quantitative estimate of drug-likeness (QED) is 0.819. The molecule has 1 saturated carbocycles. The minimum Gasteiger partial charge on any atom is -0.338 e. The van der Waals surface area contributed by atoms with Crippen molar-refractivity contribution in [1.29, 1.82) is 0 Å². The maximum atomic E-state index is 4.50. The monoisotopic (exact) mass is 263 g/mol. The first-order chi connectivity index (χ1) is 9.24. The van der Waals surface area contributed by atoms with E-state index in [9.17, 15) is 0 Å². The molecule has 0 amide bonds. The van der Waals surface area contributed by atoms with Crippen molar-refractivity contribution in [3.63, 3.8) is 0 Å². The van der Waals surface area contributed by atoms with Crippen LogP contribution in [-0.2, 0) is 13.5 Å². The van der Waals surface area contributed by atoms with E-state index in [2.05, 4.69) is 42.0 Å². The summed E-state index contributed by atoms with van der Waals surface area (Å²) in [4.78, 5) is 4.50. The van der Waals surface area contributed by atoms with Crippen molar-refractivity contribution in [3.8, 4) is 0 Å². The molecule has 1 aliphatic carbocycles. The Bertz CT molecular complexity index is 372. The van der Waals surface area contributed by atoms with Crippen LogP contribution in [-0.4, -0.2) is 22.1 Å². The van der Waals surface area contributed by atoms with Gasteiger partial charge in [0.2, 0.25) is 0 Å². The van der Waals surface area contributed by atoms with E-state index in [0.29, 0.717) is 6.04 Å². The van der Waals surface area contributed by atoms with Gasteiger partial charge in [-0.1, -0.05) is 26.7 Å². The standard InChI is InChI=1S/C16H29N3/c1-4-8-17-15(12-16-18-9-10-19(16)3)14-7-6-13(5-2)11-14/h9-10,13-15,17H,4-8,11-12H2,1-3H3. The second-order valence-electron chi connectivity index (χ2n) is 6.07. The van der Waals surface area contributed by atoms with Crippen molar-refractivity contribution >= 4 is 0 Å². The first-order valence-electron chi connectivity index (χ1n) is 7.94. The van der Waals surface area contributed by atoms with E-state index < -0.39 is 0 Å². The minimum atomic E-state index is 0.609. The molecule has 0 spiro atoms. The van der Waals surface area contributed by atoms with E-state index in [0.717, 1.165) is 24.8 Å². The predicted octanol–water partition coefficient (Wildman–Crippen LogP) is 3.16. The third kappa shape index (κ3) is 3.82. The molecule has 0 bridgehead atoms. The van der Waals surface area contributed by atoms with Gasteiger partial charge in [0, 0.05) is 31.9 Å². The summed E-state index contributed by atoms with van der Waals surface area (Å²) in [7, 11) is 2.10. The molecular formula is C16H29N3. The topological polar surface area (TPSA) is 29.9 Å². The predicted molar refractivity (Wildman–Crippen MR) is 80.1 cm³/mol. The Morgan fingerprint density at radius 1 is 1.42 bits per heavy atom. The van der Waals surface area contributed by atoms with Crippen LogP contribution >= 0.6 is 0 Å². The van der Waals surface area contributed by atoms with Crippen LogP contribution in [0.25, 0.3) is 0 Å². The van der Waals surface area contributed by atoms with E-state index in [1.54, 1.807) is 0 Å². The lowest BCUT2D eigenvalue weighted by atomic mass is 9.93. The number of rotatable bonds is 7. The van der Waals surface area contributed by atoms with Crippen molar-refractivity contribution in [2.45, 2.75) is 58.4 Å². The summed E-state index contributed by atoms with van der Waals surface area (Å²) in [5, 5.41) is 3.77. The fourth-order valence-electron chi connectivity index (χ4n) is 3.37. The van der Waals surface area contributed by atoms with Gasteiger partial charge in [0.15, 0.2) is 0 Å². The zero-order chi connectivity index (χ0) is 13.7. The maximum absolute atomic E-state index is 4.50. The Balaban J connectivity index is 1.97. The minimum absolute atomic E-state index is 0.609. The van der Waals surface area contributed by atoms with Crippen LogP contribution in [0.1, 0.15) is 51.8 Å². The van der Waals surface area contributed by atoms with Crippen molar-refractivity contribution in [3.05, 3.63) is 18.2 Å². The Hall–Kier alpha value is -0.830. The summed E-state index contributed by atoms with van der Waals surface area (Å²) in [5.41, 5.74) is 0. The molecule has 0 aromatic carbocycles. The van der Waals surface area contributed by atoms with Gasteiger partial charge in [0.25, 0.3) is 0 Å². The van der Waals surface area contributed by atoms with Gasteiger partial charge in [-0.25, -0.2) is 4.98 Å². The molecule has 3 heteroatoms. The lowest BCUT2D eigenvalue weighted by molar-refractivity contribution is 0.338. The van der Waals surface area contributed by atoms with E-state index in [-0.39, 0.29) is 0 Å². The molecule has 1 aliphatic rings. The molecule has 108 valence electrons. The summed E-state index contributed by atoms with van der Waals surface area (Å²) in [6.45, 7) is 5.71. The Morgan fingerprint density at radius 2 is 2.26 bits per heavy atom. The van der Waals surface area contributed by atoms with Crippen LogP contribution in [0.4, 0.5) is 0 Å². The van der Waals surface area contributed by atoms with Gasteiger partial charge in [-0.3, -0.25) is 0 Å². The lowest BCUT2D eigenvalue weighted by Crippen LogP contribution is -2.38. The number of aryl methyl sites for hydroxylation is 1. The van der Waals surface area contributed by atoms with Crippen LogP contribution in [0.15, 0.2) is 12.4 Å². The highest BCUT2D eigenvalue weighted by Gasteiger charge is 2.30. The molecule has 0 aliphatic heterocycles. The summed E-state index contributed by atoms with van der Waals surface area (Å²) in [5.74, 6) is 3.01. The van der Waals surface area contributed by atoms with Crippen LogP contribution in [0.5, 0.6) is 0 Å². The maximum Gasteiger partial charge on any atom is 0.109 e. The normalized spacial score (nSPS) is 24.8. The van der Waals surface area contributed by atoms with Crippen LogP contribution < -0.4 is 5.32 Å². The second kappa shape index (κ2) is 7.09. The van der Waals surface area contributed by atoms with Gasteiger partial charge in [-0.05, 0) is 37.6 Å². The summed E-state index contributed by atoms with van der Waals surface area (Å²) in [6.07, 6.45) is 11.8. The van der Waals surface area contributed by atoms with Crippen LogP contribution in [0.3, 0.4) is 0 Å². The highest BCUT2D eigenvalue weighted by molar-refractivity contribution is 4.97. The average Bonchev–Trinajstić information content (AvgIpc) is 3.04. The summed E-state index contributed by atoms with van der Waals surface area (Å²) in [6, 6.07) is 0.609. The van der Waals surface area contributed by atoms with Gasteiger partial charge >= 0.3 is 0 Å². The van der Waals surface area contributed by atoms with E-state index >= 15 is 0 Å². The Morgan fingerprint density at radius 3 is 2.84 bits per heavy atom. The van der Waals surface area contributed by atoms with Gasteiger partial charge in [0.1, 0.15) is 5.82 Å². The molecule has 3 unspecified atom stereocenters. The molecular weight excluding hydrogens is 234 g/mol. The first kappa shape index (κ1) is 14.6. The van der Waals surface area contributed by atoms with E-state index in [1.807, 2.05) is 6.20 Å². The van der Waals surface area contributed by atoms with E-state index in [1.165, 1.54) is 37.9 Å². The fourth-order valence-corrected chi connectivity index (χ4v) is 3.37. The number of hydrogen-bond acceptors (Lipinski definition) is 2. The third-order valence-electron chi connectivity index (χ3n) is 4.71. The molecule has 1 heterocycles. The zero-order valence-corrected chi connectivity index (χ0v) is 12.7. The average molecular weight is 263 g/mol. The molecule has 0 saturated heterocycles. The van der Waals surface area contributed by atoms with Crippen LogP contribution in [0.2, 0.25) is 0 Å². The van der Waals surface area contributed by atoms with Crippen molar-refractivity contribution < 1.29 is 0 Å². The number of hydrogen-bond donors (Lipinski definition) is 1. The Labute approximate surface area is 117 Å². The molecule has 19 heavy (non-hydrogen) atoms. The number of imidazole rings is 1. The van der Waals surface area contributed by atoms with Gasteiger partial charge in [-0.15, -0.1) is 0 Å². The highest BCUT2D eigenvalue weighted by atomic mass is 15.0. The van der Waals surface area contributed by atoms with Crippen molar-refractivity contribution in [2.24, 2.45) is 18.9 Å². The molecule has 2 rings (SSSR count). The van der Waals surface area contributed by atoms with Crippen molar-refractivity contribution in [2.75, 3.05) is 6.54 Å². The van der Waals surface area contributed by atoms with Crippen LogP contribution in [0, 0.1) is 11.8 Å². The largest absolute Gasteiger partial charge is 0.338 e. The molecule has 1 aromatic rings. The summed E-state index contributed by atoms with van der Waals surface area (Å²) >= 11 is 0. The molecule has 3 atom stereocenters. The molecule has 1 fully saturated rings. The smallest absolute Gasteiger partial charge is 0.109 e. The zero-order valence-electron chi connectivity index (χ0n) is 12.7. The third-order valence-corrected chi connectivity index (χ3v) is 4.71. The lowest BCUT2D eigenvalue weighted by Gasteiger charge is -2.25. The summed E-state index contributed by atoms with van der Waals surface area (Å²) < 4.78 is 2.16. The molecule has 0 radical (unpaired) electrons. The first-order valence-corrected chi connectivity index (χ1v) is 7.94. The van der Waals surface area contributed by atoms with E-state index in [4.69, 9.17) is 0 Å². The SMILES string of the molecule is CCCNC(Cc1nccn1C)C1CCC(CC)C1. The Kier molecular flexibility index (Phi) is 5.44. The number of nitrogens with zero attached hydrogens (tertiary/aromatic N) is 2. The molecule has 1 aromatic heterocycles. The molecule has 3 nitrogen and oxygen atoms in total. The van der Waals surface area contributed by atoms with Gasteiger partial charge < -0.3 is 9.88 Å². The van der Waals surface area contributed by atoms with Crippen molar-refractivity contribution in [1.82, 2.24) is 14.9 Å². The second-order valence-corrected chi connectivity index (χ2v) is 6.07. The fraction of sp³-hybridized carbons (Fsp3) is 0.812. The molecule has 1 N–H and O–H groups in total. The van der Waals surface area contributed by atoms with Gasteiger partial charge in [-0.2, -0.15) is 0 Å².